The van der Waals surface area contributed by atoms with Crippen molar-refractivity contribution in [1.29, 1.82) is 0 Å². The molecule has 1 aromatic rings. The summed E-state index contributed by atoms with van der Waals surface area (Å²) in [4.78, 5) is 23.1. The molecule has 0 spiro atoms. The lowest BCUT2D eigenvalue weighted by molar-refractivity contribution is -0.415. The van der Waals surface area contributed by atoms with E-state index in [1.165, 1.54) is 0 Å². The number of fused-ring (bicyclic) bond motifs is 2. The standard InChI is InChI=1S/C17H18Cl2O3/c1-10-15(20)8-12-9-16(10)21-22-17(12,2)6-5-11-3-4-13(18)14(19)7-11/h3-7,10,12,16H,8-9H2,1-2H3/b6-5-/t10-,12+,16+,17+/m0/s1. The number of rotatable bonds is 2. The van der Waals surface area contributed by atoms with Crippen molar-refractivity contribution in [2.24, 2.45) is 11.8 Å². The third-order valence-electron chi connectivity index (χ3n) is 4.74. The van der Waals surface area contributed by atoms with Crippen molar-refractivity contribution in [2.75, 3.05) is 0 Å². The van der Waals surface area contributed by atoms with Gasteiger partial charge in [-0.1, -0.05) is 42.3 Å². The average Bonchev–Trinajstić information content (AvgIpc) is 2.49. The molecule has 1 saturated heterocycles. The summed E-state index contributed by atoms with van der Waals surface area (Å²) < 4.78 is 0. The lowest BCUT2D eigenvalue weighted by Gasteiger charge is -2.45. The number of hydrogen-bond donors (Lipinski definition) is 0. The summed E-state index contributed by atoms with van der Waals surface area (Å²) in [5.74, 6) is 0.299. The number of halogens is 2. The van der Waals surface area contributed by atoms with Crippen molar-refractivity contribution in [3.8, 4) is 0 Å². The molecular weight excluding hydrogens is 323 g/mol. The first-order valence-corrected chi connectivity index (χ1v) is 8.16. The molecule has 0 radical (unpaired) electrons. The Hall–Kier alpha value is -0.870. The van der Waals surface area contributed by atoms with Gasteiger partial charge in [0.05, 0.1) is 10.0 Å². The molecule has 0 N–H and O–H groups in total. The molecule has 0 unspecified atom stereocenters. The SMILES string of the molecule is C[C@H]1C(=O)C[C@@H]2C[C@H]1OO[C@]2(C)/C=C\c1ccc(Cl)c(Cl)c1. The van der Waals surface area contributed by atoms with Crippen molar-refractivity contribution in [3.63, 3.8) is 0 Å². The maximum absolute atomic E-state index is 12.1. The minimum absolute atomic E-state index is 0.0835. The van der Waals surface area contributed by atoms with Gasteiger partial charge in [-0.25, -0.2) is 9.78 Å². The van der Waals surface area contributed by atoms with Crippen LogP contribution >= 0.6 is 23.2 Å². The van der Waals surface area contributed by atoms with Crippen molar-refractivity contribution in [1.82, 2.24) is 0 Å². The summed E-state index contributed by atoms with van der Waals surface area (Å²) in [5.41, 5.74) is 0.315. The van der Waals surface area contributed by atoms with E-state index >= 15 is 0 Å². The molecule has 1 aliphatic carbocycles. The molecule has 1 saturated carbocycles. The van der Waals surface area contributed by atoms with E-state index in [1.807, 2.05) is 32.1 Å². The third kappa shape index (κ3) is 2.95. The van der Waals surface area contributed by atoms with Gasteiger partial charge in [-0.3, -0.25) is 4.79 Å². The summed E-state index contributed by atoms with van der Waals surface area (Å²) in [5, 5.41) is 1.04. The second kappa shape index (κ2) is 5.97. The summed E-state index contributed by atoms with van der Waals surface area (Å²) in [6.07, 6.45) is 5.11. The second-order valence-corrected chi connectivity index (χ2v) is 7.11. The average molecular weight is 341 g/mol. The highest BCUT2D eigenvalue weighted by Crippen LogP contribution is 2.43. The van der Waals surface area contributed by atoms with Crippen LogP contribution in [0, 0.1) is 11.8 Å². The molecule has 2 fully saturated rings. The molecule has 3 rings (SSSR count). The Kier molecular flexibility index (Phi) is 4.34. The smallest absolute Gasteiger partial charge is 0.138 e. The van der Waals surface area contributed by atoms with E-state index < -0.39 is 5.60 Å². The van der Waals surface area contributed by atoms with E-state index in [2.05, 4.69) is 0 Å². The Balaban J connectivity index is 1.80. The topological polar surface area (TPSA) is 35.5 Å². The van der Waals surface area contributed by atoms with Crippen molar-refractivity contribution in [3.05, 3.63) is 39.9 Å². The highest BCUT2D eigenvalue weighted by molar-refractivity contribution is 6.42. The predicted molar refractivity (Wildman–Crippen MR) is 86.8 cm³/mol. The van der Waals surface area contributed by atoms with E-state index in [0.29, 0.717) is 16.5 Å². The van der Waals surface area contributed by atoms with Crippen LogP contribution < -0.4 is 0 Å². The van der Waals surface area contributed by atoms with Crippen LogP contribution in [0.2, 0.25) is 10.0 Å². The van der Waals surface area contributed by atoms with Gasteiger partial charge in [-0.05, 0) is 37.1 Å². The Morgan fingerprint density at radius 2 is 2.09 bits per heavy atom. The molecule has 5 heteroatoms. The molecule has 4 atom stereocenters. The van der Waals surface area contributed by atoms with Crippen molar-refractivity contribution >= 4 is 35.1 Å². The molecule has 22 heavy (non-hydrogen) atoms. The maximum atomic E-state index is 12.1. The first-order chi connectivity index (χ1) is 10.4. The predicted octanol–water partition coefficient (Wildman–Crippen LogP) is 4.71. The van der Waals surface area contributed by atoms with Crippen LogP contribution in [0.1, 0.15) is 32.3 Å². The fraction of sp³-hybridized carbons (Fsp3) is 0.471. The molecule has 1 heterocycles. The molecule has 0 amide bonds. The van der Waals surface area contributed by atoms with E-state index in [0.717, 1.165) is 12.0 Å². The van der Waals surface area contributed by atoms with E-state index in [4.69, 9.17) is 33.0 Å². The number of carbonyl (C=O) groups is 1. The van der Waals surface area contributed by atoms with Gasteiger partial charge < -0.3 is 0 Å². The molecular formula is C17H18Cl2O3. The van der Waals surface area contributed by atoms with Crippen LogP contribution in [0.3, 0.4) is 0 Å². The normalized spacial score (nSPS) is 35.1. The van der Waals surface area contributed by atoms with Gasteiger partial charge in [0.25, 0.3) is 0 Å². The zero-order valence-electron chi connectivity index (χ0n) is 12.5. The van der Waals surface area contributed by atoms with Crippen LogP contribution in [0.4, 0.5) is 0 Å². The summed E-state index contributed by atoms with van der Waals surface area (Å²) in [6.45, 7) is 3.85. The number of hydrogen-bond acceptors (Lipinski definition) is 3. The van der Waals surface area contributed by atoms with Gasteiger partial charge in [-0.2, -0.15) is 0 Å². The Morgan fingerprint density at radius 1 is 1.32 bits per heavy atom. The first kappa shape index (κ1) is 16.0. The Morgan fingerprint density at radius 3 is 2.82 bits per heavy atom. The molecule has 3 nitrogen and oxygen atoms in total. The lowest BCUT2D eigenvalue weighted by Crippen LogP contribution is -2.51. The van der Waals surface area contributed by atoms with E-state index in [-0.39, 0.29) is 23.7 Å². The molecule has 2 aliphatic rings. The fourth-order valence-electron chi connectivity index (χ4n) is 3.04. The van der Waals surface area contributed by atoms with Crippen LogP contribution in [-0.2, 0) is 14.6 Å². The zero-order chi connectivity index (χ0) is 15.9. The van der Waals surface area contributed by atoms with Crippen LogP contribution in [-0.4, -0.2) is 17.5 Å². The van der Waals surface area contributed by atoms with E-state index in [9.17, 15) is 4.79 Å². The van der Waals surface area contributed by atoms with Crippen molar-refractivity contribution in [2.45, 2.75) is 38.4 Å². The molecule has 0 aromatic heterocycles. The largest absolute Gasteiger partial charge is 0.299 e. The Labute approximate surface area is 140 Å². The number of benzene rings is 1. The van der Waals surface area contributed by atoms with Gasteiger partial charge in [-0.15, -0.1) is 0 Å². The minimum Gasteiger partial charge on any atom is -0.299 e. The monoisotopic (exact) mass is 340 g/mol. The van der Waals surface area contributed by atoms with E-state index in [1.54, 1.807) is 12.1 Å². The molecule has 2 bridgehead atoms. The molecule has 1 aromatic carbocycles. The number of Topliss-reactive ketones (excluding diaryl/α,β-unsaturated/α-hetero) is 1. The number of ketones is 1. The second-order valence-electron chi connectivity index (χ2n) is 6.30. The number of carbonyl (C=O) groups excluding carboxylic acids is 1. The Bertz CT molecular complexity index is 628. The third-order valence-corrected chi connectivity index (χ3v) is 5.48. The lowest BCUT2D eigenvalue weighted by atomic mass is 9.71. The van der Waals surface area contributed by atoms with Gasteiger partial charge in [0.15, 0.2) is 0 Å². The fourth-order valence-corrected chi connectivity index (χ4v) is 3.34. The molecule has 1 aliphatic heterocycles. The first-order valence-electron chi connectivity index (χ1n) is 7.40. The van der Waals surface area contributed by atoms with Crippen LogP contribution in [0.15, 0.2) is 24.3 Å². The van der Waals surface area contributed by atoms with Crippen LogP contribution in [0.25, 0.3) is 6.08 Å². The highest BCUT2D eigenvalue weighted by atomic mass is 35.5. The van der Waals surface area contributed by atoms with Crippen molar-refractivity contribution < 1.29 is 14.6 Å². The maximum Gasteiger partial charge on any atom is 0.138 e. The van der Waals surface area contributed by atoms with Gasteiger partial charge in [0.1, 0.15) is 17.5 Å². The summed E-state index contributed by atoms with van der Waals surface area (Å²) >= 11 is 11.9. The zero-order valence-corrected chi connectivity index (χ0v) is 14.0. The minimum atomic E-state index is -0.613. The van der Waals surface area contributed by atoms with Gasteiger partial charge in [0, 0.05) is 18.3 Å². The van der Waals surface area contributed by atoms with Gasteiger partial charge in [0.2, 0.25) is 0 Å². The van der Waals surface area contributed by atoms with Crippen LogP contribution in [0.5, 0.6) is 0 Å². The summed E-state index contributed by atoms with van der Waals surface area (Å²) in [7, 11) is 0. The summed E-state index contributed by atoms with van der Waals surface area (Å²) in [6, 6.07) is 5.44. The highest BCUT2D eigenvalue weighted by Gasteiger charge is 2.48. The molecule has 118 valence electrons. The van der Waals surface area contributed by atoms with Gasteiger partial charge >= 0.3 is 0 Å². The quantitative estimate of drug-likeness (QED) is 0.731.